The Labute approximate surface area is 179 Å². The van der Waals surface area contributed by atoms with E-state index >= 15 is 0 Å². The molecule has 1 amide bonds. The summed E-state index contributed by atoms with van der Waals surface area (Å²) in [4.78, 5) is 25.9. The smallest absolute Gasteiger partial charge is 0.338 e. The summed E-state index contributed by atoms with van der Waals surface area (Å²) in [5.41, 5.74) is 1.46. The molecule has 1 aliphatic rings. The van der Waals surface area contributed by atoms with Gasteiger partial charge in [-0.25, -0.2) is 4.79 Å². The van der Waals surface area contributed by atoms with Crippen LogP contribution in [0.5, 0.6) is 0 Å². The zero-order valence-electron chi connectivity index (χ0n) is 16.5. The molecule has 10 heteroatoms. The second-order valence-electron chi connectivity index (χ2n) is 6.20. The minimum absolute atomic E-state index is 0.0212. The minimum Gasteiger partial charge on any atom is -0.462 e. The molecule has 1 aliphatic heterocycles. The average Bonchev–Trinajstić information content (AvgIpc) is 2.73. The number of ether oxygens (including phenoxy) is 1. The van der Waals surface area contributed by atoms with E-state index in [1.54, 1.807) is 54.3 Å². The van der Waals surface area contributed by atoms with Crippen molar-refractivity contribution in [3.05, 3.63) is 54.1 Å². The van der Waals surface area contributed by atoms with Crippen molar-refractivity contribution in [2.75, 3.05) is 29.1 Å². The molecule has 8 nitrogen and oxygen atoms in total. The first-order chi connectivity index (χ1) is 14.4. The molecule has 0 atom stereocenters. The van der Waals surface area contributed by atoms with E-state index < -0.39 is 16.0 Å². The number of nitrogens with one attached hydrogen (secondary N) is 1. The molecule has 0 unspecified atom stereocenters. The lowest BCUT2D eigenvalue weighted by Gasteiger charge is -2.29. The van der Waals surface area contributed by atoms with Crippen molar-refractivity contribution in [1.82, 2.24) is 0 Å². The normalized spacial score (nSPS) is 14.5. The number of amidine groups is 1. The van der Waals surface area contributed by atoms with E-state index in [0.29, 0.717) is 23.5 Å². The number of nitrogens with zero attached hydrogens (tertiary/aromatic N) is 2. The predicted molar refractivity (Wildman–Crippen MR) is 118 cm³/mol. The van der Waals surface area contributed by atoms with Crippen molar-refractivity contribution >= 4 is 50.2 Å². The van der Waals surface area contributed by atoms with Crippen LogP contribution >= 0.6 is 11.8 Å². The van der Waals surface area contributed by atoms with Gasteiger partial charge in [0.1, 0.15) is 4.90 Å². The predicted octanol–water partition coefficient (Wildman–Crippen LogP) is 3.12. The van der Waals surface area contributed by atoms with Gasteiger partial charge in [-0.3, -0.25) is 4.79 Å². The van der Waals surface area contributed by atoms with Crippen LogP contribution in [0.1, 0.15) is 24.2 Å². The fourth-order valence-electron chi connectivity index (χ4n) is 2.84. The number of para-hydroxylation sites is 1. The molecule has 2 aromatic carbocycles. The monoisotopic (exact) mass is 447 g/mol. The number of benzene rings is 2. The molecular formula is C20H21N3O5S2. The lowest BCUT2D eigenvalue weighted by atomic mass is 10.2. The number of sulfonamides is 1. The minimum atomic E-state index is -3.81. The highest BCUT2D eigenvalue weighted by Crippen LogP contribution is 2.33. The number of carbonyl (C=O) groups is 2. The van der Waals surface area contributed by atoms with Crippen molar-refractivity contribution in [3.63, 3.8) is 0 Å². The number of carbonyl (C=O) groups excluding carboxylic acids is 2. The van der Waals surface area contributed by atoms with E-state index in [4.69, 9.17) is 4.74 Å². The zero-order chi connectivity index (χ0) is 21.7. The molecule has 0 spiro atoms. The number of amides is 1. The molecule has 1 heterocycles. The number of thioether (sulfide) groups is 1. The first-order valence-corrected chi connectivity index (χ1v) is 11.7. The number of fused-ring (bicyclic) bond motifs is 1. The van der Waals surface area contributed by atoms with E-state index in [9.17, 15) is 18.0 Å². The molecule has 0 aliphatic carbocycles. The number of hydrogen-bond donors (Lipinski definition) is 1. The van der Waals surface area contributed by atoms with Gasteiger partial charge in [-0.1, -0.05) is 23.9 Å². The summed E-state index contributed by atoms with van der Waals surface area (Å²) in [6.07, 6.45) is 0. The molecule has 0 bridgehead atoms. The van der Waals surface area contributed by atoms with Gasteiger partial charge in [0.25, 0.3) is 10.0 Å². The third-order valence-electron chi connectivity index (χ3n) is 4.19. The maximum atomic E-state index is 12.4. The molecule has 30 heavy (non-hydrogen) atoms. The maximum Gasteiger partial charge on any atom is 0.338 e. The second-order valence-corrected chi connectivity index (χ2v) is 8.71. The van der Waals surface area contributed by atoms with Gasteiger partial charge in [-0.2, -0.15) is 8.42 Å². The summed E-state index contributed by atoms with van der Waals surface area (Å²) >= 11 is 1.05. The molecule has 158 valence electrons. The van der Waals surface area contributed by atoms with Crippen molar-refractivity contribution in [2.45, 2.75) is 18.7 Å². The fraction of sp³-hybridized carbons (Fsp3) is 0.250. The van der Waals surface area contributed by atoms with Gasteiger partial charge >= 0.3 is 5.97 Å². The molecule has 0 aromatic heterocycles. The van der Waals surface area contributed by atoms with Gasteiger partial charge in [-0.05, 0) is 50.2 Å². The van der Waals surface area contributed by atoms with Crippen LogP contribution in [0.15, 0.2) is 57.8 Å². The topological polar surface area (TPSA) is 105 Å². The van der Waals surface area contributed by atoms with Crippen molar-refractivity contribution in [1.29, 1.82) is 0 Å². The number of hydrogen-bond acceptors (Lipinski definition) is 7. The van der Waals surface area contributed by atoms with Crippen LogP contribution in [-0.2, 0) is 19.6 Å². The van der Waals surface area contributed by atoms with Crippen LogP contribution in [0.2, 0.25) is 0 Å². The zero-order valence-corrected chi connectivity index (χ0v) is 18.1. The Morgan fingerprint density at radius 1 is 1.10 bits per heavy atom. The summed E-state index contributed by atoms with van der Waals surface area (Å²) in [5, 5.41) is 2.97. The molecular weight excluding hydrogens is 426 g/mol. The van der Waals surface area contributed by atoms with Gasteiger partial charge in [0.2, 0.25) is 5.91 Å². The van der Waals surface area contributed by atoms with Crippen molar-refractivity contribution in [2.24, 2.45) is 4.40 Å². The van der Waals surface area contributed by atoms with Gasteiger partial charge < -0.3 is 15.0 Å². The third kappa shape index (κ3) is 4.82. The first kappa shape index (κ1) is 21.8. The van der Waals surface area contributed by atoms with Gasteiger partial charge in [-0.15, -0.1) is 4.40 Å². The third-order valence-corrected chi connectivity index (χ3v) is 6.60. The highest BCUT2D eigenvalue weighted by molar-refractivity contribution is 8.15. The van der Waals surface area contributed by atoms with Crippen LogP contribution in [0.4, 0.5) is 11.4 Å². The highest BCUT2D eigenvalue weighted by Gasteiger charge is 2.30. The summed E-state index contributed by atoms with van der Waals surface area (Å²) in [6.45, 7) is 4.41. The SMILES string of the molecule is CCOC(=O)c1ccc(NC(=O)CSC2=NS(=O)(=O)c3ccccc3N2CC)cc1. The summed E-state index contributed by atoms with van der Waals surface area (Å²) in [5.74, 6) is -0.770. The van der Waals surface area contributed by atoms with E-state index in [1.807, 2.05) is 6.92 Å². The van der Waals surface area contributed by atoms with Crippen LogP contribution in [0.25, 0.3) is 0 Å². The Morgan fingerprint density at radius 3 is 2.47 bits per heavy atom. The number of rotatable bonds is 6. The Hall–Kier alpha value is -2.85. The van der Waals surface area contributed by atoms with Gasteiger partial charge in [0.15, 0.2) is 5.17 Å². The van der Waals surface area contributed by atoms with Gasteiger partial charge in [0.05, 0.1) is 23.6 Å². The van der Waals surface area contributed by atoms with E-state index in [-0.39, 0.29) is 28.3 Å². The van der Waals surface area contributed by atoms with E-state index in [2.05, 4.69) is 9.71 Å². The number of esters is 1. The van der Waals surface area contributed by atoms with E-state index in [1.165, 1.54) is 6.07 Å². The Bertz CT molecular complexity index is 1080. The second kappa shape index (κ2) is 9.31. The molecule has 0 saturated carbocycles. The van der Waals surface area contributed by atoms with Gasteiger partial charge in [0, 0.05) is 12.2 Å². The Kier molecular flexibility index (Phi) is 6.78. The Morgan fingerprint density at radius 2 is 1.80 bits per heavy atom. The highest BCUT2D eigenvalue weighted by atomic mass is 32.2. The van der Waals surface area contributed by atoms with E-state index in [0.717, 1.165) is 11.8 Å². The van der Waals surface area contributed by atoms with Crippen molar-refractivity contribution < 1.29 is 22.7 Å². The average molecular weight is 448 g/mol. The lowest BCUT2D eigenvalue weighted by molar-refractivity contribution is -0.113. The van der Waals surface area contributed by atoms with Crippen LogP contribution in [0.3, 0.4) is 0 Å². The van der Waals surface area contributed by atoms with Crippen LogP contribution < -0.4 is 10.2 Å². The Balaban J connectivity index is 1.66. The molecule has 0 fully saturated rings. The molecule has 3 rings (SSSR count). The largest absolute Gasteiger partial charge is 0.462 e. The van der Waals surface area contributed by atoms with Crippen LogP contribution in [0, 0.1) is 0 Å². The lowest BCUT2D eigenvalue weighted by Crippen LogP contribution is -2.34. The quantitative estimate of drug-likeness (QED) is 0.678. The molecule has 0 saturated heterocycles. The number of anilines is 2. The first-order valence-electron chi connectivity index (χ1n) is 9.27. The summed E-state index contributed by atoms with van der Waals surface area (Å²) in [7, 11) is -3.81. The van der Waals surface area contributed by atoms with Crippen molar-refractivity contribution in [3.8, 4) is 0 Å². The summed E-state index contributed by atoms with van der Waals surface area (Å²) < 4.78 is 33.7. The summed E-state index contributed by atoms with van der Waals surface area (Å²) in [6, 6.07) is 13.0. The molecule has 1 N–H and O–H groups in total. The molecule has 2 aromatic rings. The maximum absolute atomic E-state index is 12.4. The molecule has 0 radical (unpaired) electrons. The standard InChI is InChI=1S/C20H21N3O5S2/c1-3-23-16-7-5-6-8-17(16)30(26,27)22-20(23)29-13-18(24)21-15-11-9-14(10-12-15)19(25)28-4-2/h5-12H,3-4,13H2,1-2H3,(H,21,24). The van der Waals surface area contributed by atoms with Crippen LogP contribution in [-0.4, -0.2) is 44.4 Å². The fourth-order valence-corrected chi connectivity index (χ4v) is 5.16.